The van der Waals surface area contributed by atoms with E-state index in [0.717, 1.165) is 11.8 Å². The average Bonchev–Trinajstić information content (AvgIpc) is 2.46. The molecule has 0 bridgehead atoms. The fraction of sp³-hybridized carbons (Fsp3) is 0.600. The van der Waals surface area contributed by atoms with Crippen LogP contribution in [0.25, 0.3) is 0 Å². The third-order valence-corrected chi connectivity index (χ3v) is 2.74. The lowest BCUT2D eigenvalue weighted by Gasteiger charge is -1.87. The minimum absolute atomic E-state index is 1.01. The van der Waals surface area contributed by atoms with Gasteiger partial charge in [-0.1, -0.05) is 30.2 Å². The van der Waals surface area contributed by atoms with Crippen molar-refractivity contribution in [2.75, 3.05) is 0 Å². The van der Waals surface area contributed by atoms with Crippen molar-refractivity contribution >= 4 is 0 Å². The third kappa shape index (κ3) is 0.828. The lowest BCUT2D eigenvalue weighted by atomic mass is 10.2. The van der Waals surface area contributed by atoms with E-state index >= 15 is 0 Å². The molecule has 0 nitrogen and oxygen atoms in total. The minimum atomic E-state index is 1.01. The van der Waals surface area contributed by atoms with Crippen molar-refractivity contribution in [2.24, 2.45) is 11.8 Å². The predicted octanol–water partition coefficient (Wildman–Crippen LogP) is 2.92. The van der Waals surface area contributed by atoms with Gasteiger partial charge in [-0.15, -0.1) is 0 Å². The van der Waals surface area contributed by atoms with Gasteiger partial charge < -0.3 is 0 Å². The zero-order chi connectivity index (χ0) is 6.97. The van der Waals surface area contributed by atoms with E-state index in [1.165, 1.54) is 19.3 Å². The Hall–Kier alpha value is -0.520. The summed E-state index contributed by atoms with van der Waals surface area (Å²) in [5.74, 6) is 2.02. The van der Waals surface area contributed by atoms with Crippen LogP contribution in [0.4, 0.5) is 0 Å². The Morgan fingerprint density at radius 1 is 1.30 bits per heavy atom. The van der Waals surface area contributed by atoms with Gasteiger partial charge in [-0.05, 0) is 31.6 Å². The van der Waals surface area contributed by atoms with Gasteiger partial charge >= 0.3 is 0 Å². The third-order valence-electron chi connectivity index (χ3n) is 2.74. The smallest absolute Gasteiger partial charge is 0.0131 e. The Bertz CT molecular complexity index is 174. The fourth-order valence-corrected chi connectivity index (χ4v) is 2.15. The molecule has 0 aromatic rings. The van der Waals surface area contributed by atoms with E-state index in [4.69, 9.17) is 0 Å². The standard InChI is InChI=1S/C10H14/c1-2-3-5-8-9-6-4-7-10(8)9/h2-3,5,9-10H,4,6-7H2,1H3/b3-2+,8-5?. The Morgan fingerprint density at radius 3 is 2.60 bits per heavy atom. The molecule has 0 aliphatic heterocycles. The SMILES string of the molecule is C/C=C/C=C1C2CCCC12. The number of hydrogen-bond acceptors (Lipinski definition) is 0. The molecule has 10 heavy (non-hydrogen) atoms. The maximum atomic E-state index is 2.31. The second-order valence-corrected chi connectivity index (χ2v) is 3.34. The molecular formula is C10H14. The summed E-state index contributed by atoms with van der Waals surface area (Å²) in [5.41, 5.74) is 1.73. The molecule has 2 unspecified atom stereocenters. The molecule has 0 amide bonds. The van der Waals surface area contributed by atoms with Gasteiger partial charge in [0.1, 0.15) is 0 Å². The molecule has 2 saturated carbocycles. The highest BCUT2D eigenvalue weighted by Gasteiger charge is 2.46. The minimum Gasteiger partial charge on any atom is -0.0877 e. The van der Waals surface area contributed by atoms with E-state index in [1.54, 1.807) is 5.57 Å². The summed E-state index contributed by atoms with van der Waals surface area (Å²) >= 11 is 0. The molecule has 0 spiro atoms. The molecule has 0 radical (unpaired) electrons. The molecule has 2 fully saturated rings. The highest BCUT2D eigenvalue weighted by Crippen LogP contribution is 2.56. The van der Waals surface area contributed by atoms with Crippen molar-refractivity contribution < 1.29 is 0 Å². The molecule has 54 valence electrons. The Kier molecular flexibility index (Phi) is 1.40. The van der Waals surface area contributed by atoms with Crippen LogP contribution in [0.1, 0.15) is 26.2 Å². The Balaban J connectivity index is 2.00. The van der Waals surface area contributed by atoms with E-state index in [0.29, 0.717) is 0 Å². The second-order valence-electron chi connectivity index (χ2n) is 3.34. The van der Waals surface area contributed by atoms with Crippen LogP contribution in [0, 0.1) is 11.8 Å². The number of fused-ring (bicyclic) bond motifs is 1. The Labute approximate surface area is 62.6 Å². The van der Waals surface area contributed by atoms with E-state index in [2.05, 4.69) is 25.2 Å². The molecule has 0 heterocycles. The van der Waals surface area contributed by atoms with Gasteiger partial charge in [0.15, 0.2) is 0 Å². The normalized spacial score (nSPS) is 36.7. The maximum absolute atomic E-state index is 2.31. The molecular weight excluding hydrogens is 120 g/mol. The molecule has 0 saturated heterocycles. The van der Waals surface area contributed by atoms with Crippen LogP contribution in [-0.4, -0.2) is 0 Å². The molecule has 2 aliphatic carbocycles. The molecule has 2 atom stereocenters. The van der Waals surface area contributed by atoms with Crippen molar-refractivity contribution in [3.63, 3.8) is 0 Å². The van der Waals surface area contributed by atoms with E-state index in [-0.39, 0.29) is 0 Å². The Morgan fingerprint density at radius 2 is 2.00 bits per heavy atom. The van der Waals surface area contributed by atoms with Gasteiger partial charge in [0.05, 0.1) is 0 Å². The van der Waals surface area contributed by atoms with Crippen LogP contribution in [0.15, 0.2) is 23.8 Å². The van der Waals surface area contributed by atoms with Crippen LogP contribution in [0.5, 0.6) is 0 Å². The molecule has 2 aliphatic rings. The maximum Gasteiger partial charge on any atom is -0.0131 e. The van der Waals surface area contributed by atoms with Crippen LogP contribution in [-0.2, 0) is 0 Å². The van der Waals surface area contributed by atoms with Gasteiger partial charge in [0.25, 0.3) is 0 Å². The van der Waals surface area contributed by atoms with Crippen molar-refractivity contribution in [3.8, 4) is 0 Å². The number of hydrogen-bond donors (Lipinski definition) is 0. The van der Waals surface area contributed by atoms with Gasteiger partial charge in [-0.2, -0.15) is 0 Å². The van der Waals surface area contributed by atoms with Gasteiger partial charge in [-0.3, -0.25) is 0 Å². The summed E-state index contributed by atoms with van der Waals surface area (Å²) in [6.45, 7) is 2.08. The van der Waals surface area contributed by atoms with Crippen molar-refractivity contribution in [3.05, 3.63) is 23.8 Å². The van der Waals surface area contributed by atoms with Crippen molar-refractivity contribution in [1.29, 1.82) is 0 Å². The van der Waals surface area contributed by atoms with E-state index in [1.807, 2.05) is 0 Å². The summed E-state index contributed by atoms with van der Waals surface area (Å²) in [5, 5.41) is 0. The molecule has 0 N–H and O–H groups in total. The second kappa shape index (κ2) is 2.26. The lowest BCUT2D eigenvalue weighted by Crippen LogP contribution is -1.70. The van der Waals surface area contributed by atoms with Crippen molar-refractivity contribution in [1.82, 2.24) is 0 Å². The highest BCUT2D eigenvalue weighted by atomic mass is 14.5. The van der Waals surface area contributed by atoms with Gasteiger partial charge in [-0.25, -0.2) is 0 Å². The van der Waals surface area contributed by atoms with E-state index in [9.17, 15) is 0 Å². The molecule has 0 aromatic heterocycles. The highest BCUT2D eigenvalue weighted by molar-refractivity contribution is 5.34. The first-order chi connectivity index (χ1) is 4.93. The molecule has 0 heteroatoms. The lowest BCUT2D eigenvalue weighted by molar-refractivity contribution is 0.792. The first-order valence-electron chi connectivity index (χ1n) is 4.26. The summed E-state index contributed by atoms with van der Waals surface area (Å²) in [6.07, 6.45) is 11.0. The monoisotopic (exact) mass is 134 g/mol. The van der Waals surface area contributed by atoms with Crippen molar-refractivity contribution in [2.45, 2.75) is 26.2 Å². The predicted molar refractivity (Wildman–Crippen MR) is 43.7 cm³/mol. The van der Waals surface area contributed by atoms with Crippen LogP contribution in [0.2, 0.25) is 0 Å². The van der Waals surface area contributed by atoms with Gasteiger partial charge in [0, 0.05) is 0 Å². The van der Waals surface area contributed by atoms with E-state index < -0.39 is 0 Å². The quantitative estimate of drug-likeness (QED) is 0.517. The first-order valence-corrected chi connectivity index (χ1v) is 4.26. The summed E-state index contributed by atoms with van der Waals surface area (Å²) in [7, 11) is 0. The summed E-state index contributed by atoms with van der Waals surface area (Å²) in [4.78, 5) is 0. The van der Waals surface area contributed by atoms with Gasteiger partial charge in [0.2, 0.25) is 0 Å². The number of rotatable bonds is 1. The molecule has 0 aromatic carbocycles. The zero-order valence-corrected chi connectivity index (χ0v) is 6.51. The first kappa shape index (κ1) is 6.21. The topological polar surface area (TPSA) is 0 Å². The van der Waals surface area contributed by atoms with Crippen LogP contribution < -0.4 is 0 Å². The fourth-order valence-electron chi connectivity index (χ4n) is 2.15. The summed E-state index contributed by atoms with van der Waals surface area (Å²) in [6, 6.07) is 0. The van der Waals surface area contributed by atoms with Crippen LogP contribution >= 0.6 is 0 Å². The number of allylic oxidation sites excluding steroid dienone is 4. The average molecular weight is 134 g/mol. The zero-order valence-electron chi connectivity index (χ0n) is 6.51. The molecule has 2 rings (SSSR count). The van der Waals surface area contributed by atoms with Crippen LogP contribution in [0.3, 0.4) is 0 Å². The largest absolute Gasteiger partial charge is 0.0877 e. The summed E-state index contributed by atoms with van der Waals surface area (Å²) < 4.78 is 0.